The monoisotopic (exact) mass is 633 g/mol. The van der Waals surface area contributed by atoms with E-state index in [4.69, 9.17) is 9.47 Å². The number of hydrogen-bond donors (Lipinski definition) is 3. The third kappa shape index (κ3) is 4.01. The molecule has 9 heteroatoms. The fraction of sp³-hybridized carbons (Fsp3) is 0.514. The largest absolute Gasteiger partial charge is 0.390 e. The lowest BCUT2D eigenvalue weighted by Gasteiger charge is -2.63. The van der Waals surface area contributed by atoms with Crippen LogP contribution in [0.5, 0.6) is 0 Å². The van der Waals surface area contributed by atoms with Crippen LogP contribution in [0.4, 0.5) is 14.5 Å². The molecule has 0 bridgehead atoms. The summed E-state index contributed by atoms with van der Waals surface area (Å²) >= 11 is 0. The molecular weight excluding hydrogens is 592 g/mol. The van der Waals surface area contributed by atoms with Gasteiger partial charge in [0.15, 0.2) is 29.1 Å². The van der Waals surface area contributed by atoms with E-state index in [1.165, 1.54) is 12.2 Å². The molecular formula is C37H41F2NO6. The Morgan fingerprint density at radius 3 is 2.54 bits per heavy atom. The second-order valence-electron chi connectivity index (χ2n) is 14.3. The molecule has 0 amide bonds. The molecule has 4 fully saturated rings. The molecule has 3 N–H and O–H groups in total. The maximum atomic E-state index is 17.6. The Labute approximate surface area is 267 Å². The number of aliphatic hydroxyl groups excluding tert-OH is 2. The quantitative estimate of drug-likeness (QED) is 0.385. The molecule has 0 unspecified atom stereocenters. The zero-order chi connectivity index (χ0) is 32.8. The van der Waals surface area contributed by atoms with Crippen LogP contribution in [0, 0.1) is 22.7 Å². The Hall–Kier alpha value is -3.24. The van der Waals surface area contributed by atoms with Crippen LogP contribution in [0.15, 0.2) is 72.3 Å². The Bertz CT molecular complexity index is 1640. The second kappa shape index (κ2) is 10.6. The lowest BCUT2D eigenvalue weighted by molar-refractivity contribution is -0.235. The molecule has 0 radical (unpaired) electrons. The normalized spacial score (nSPS) is 41.6. The standard InChI is InChI=1S/C37H41F2NO6/c1-20(23-6-5-7-24(14-23)40-4)21-8-10-22(11-9-21)33-45-32-17-26-27-16-29(38)28-15-25(42)12-13-34(28,2)36(27,39)30(43)18-35(26,3)37(32,46-33)31(44)19-41/h5-15,20,26-27,29-30,32-33,40-41,43H,16-19H2,1-4H3/t20-,26-,27-,29-,30-,32+,33-,34-,35-,36-,37+/m0/s1. The van der Waals surface area contributed by atoms with Gasteiger partial charge >= 0.3 is 0 Å². The van der Waals surface area contributed by atoms with Crippen LogP contribution < -0.4 is 5.32 Å². The van der Waals surface area contributed by atoms with Crippen molar-refractivity contribution < 1.29 is 38.1 Å². The number of benzene rings is 2. The number of rotatable bonds is 6. The van der Waals surface area contributed by atoms with Gasteiger partial charge in [0.2, 0.25) is 0 Å². The molecule has 7 nitrogen and oxygen atoms in total. The highest BCUT2D eigenvalue weighted by Gasteiger charge is 2.80. The van der Waals surface area contributed by atoms with E-state index < -0.39 is 76.8 Å². The number of nitrogens with one attached hydrogen (secondary N) is 1. The van der Waals surface area contributed by atoms with E-state index >= 15 is 8.78 Å². The number of Topliss-reactive ketones (excluding diaryl/α,β-unsaturated/α-hetero) is 1. The van der Waals surface area contributed by atoms with E-state index in [1.54, 1.807) is 13.8 Å². The first-order valence-corrected chi connectivity index (χ1v) is 16.2. The van der Waals surface area contributed by atoms with Gasteiger partial charge in [-0.2, -0.15) is 0 Å². The molecule has 1 aliphatic heterocycles. The number of ether oxygens (including phenoxy) is 2. The molecule has 1 heterocycles. The van der Waals surface area contributed by atoms with Gasteiger partial charge in [0.05, 0.1) is 12.2 Å². The van der Waals surface area contributed by atoms with Crippen molar-refractivity contribution in [3.8, 4) is 0 Å². The number of carbonyl (C=O) groups is 2. The van der Waals surface area contributed by atoms with Crippen molar-refractivity contribution in [3.63, 3.8) is 0 Å². The van der Waals surface area contributed by atoms with Crippen molar-refractivity contribution in [1.29, 1.82) is 0 Å². The summed E-state index contributed by atoms with van der Waals surface area (Å²) in [6.07, 6.45) is -1.37. The SMILES string of the molecule is CNc1cccc([C@@H](C)c2ccc([C@H]3O[C@@H]4C[C@H]5[C@@H]6C[C@H](F)C7=CC(=O)C=C[C@]7(C)[C@@]6(F)[C@@H](O)C[C@]5(C)[C@]4(C(=O)CO)O3)cc2)c1. The molecule has 0 aromatic heterocycles. The third-order valence-electron chi connectivity index (χ3n) is 12.3. The Morgan fingerprint density at radius 2 is 1.85 bits per heavy atom. The molecule has 2 aromatic carbocycles. The summed E-state index contributed by atoms with van der Waals surface area (Å²) < 4.78 is 46.5. The number of anilines is 1. The number of allylic oxidation sites excluding steroid dienone is 4. The third-order valence-corrected chi connectivity index (χ3v) is 12.3. The van der Waals surface area contributed by atoms with Gasteiger partial charge in [-0.25, -0.2) is 8.78 Å². The lowest BCUT2D eigenvalue weighted by atomic mass is 9.44. The Balaban J connectivity index is 1.21. The molecule has 2 aromatic rings. The van der Waals surface area contributed by atoms with E-state index in [1.807, 2.05) is 43.4 Å². The number of hydrogen-bond acceptors (Lipinski definition) is 7. The fourth-order valence-electron chi connectivity index (χ4n) is 9.81. The van der Waals surface area contributed by atoms with Crippen LogP contribution in [0.2, 0.25) is 0 Å². The number of carbonyl (C=O) groups excluding carboxylic acids is 2. The first kappa shape index (κ1) is 31.4. The van der Waals surface area contributed by atoms with Crippen molar-refractivity contribution >= 4 is 17.3 Å². The lowest BCUT2D eigenvalue weighted by Crippen LogP contribution is -2.70. The van der Waals surface area contributed by atoms with Crippen LogP contribution in [0.1, 0.15) is 68.9 Å². The van der Waals surface area contributed by atoms with E-state index in [0.717, 1.165) is 22.9 Å². The van der Waals surface area contributed by atoms with Gasteiger partial charge in [0, 0.05) is 41.0 Å². The maximum Gasteiger partial charge on any atom is 0.193 e. The van der Waals surface area contributed by atoms with Gasteiger partial charge in [0.1, 0.15) is 12.8 Å². The second-order valence-corrected chi connectivity index (χ2v) is 14.3. The molecule has 46 heavy (non-hydrogen) atoms. The van der Waals surface area contributed by atoms with Gasteiger partial charge in [-0.3, -0.25) is 9.59 Å². The molecule has 3 saturated carbocycles. The molecule has 0 spiro atoms. The minimum Gasteiger partial charge on any atom is -0.390 e. The van der Waals surface area contributed by atoms with Gasteiger partial charge in [-0.05, 0) is 73.1 Å². The van der Waals surface area contributed by atoms with Crippen molar-refractivity contribution in [3.05, 3.63) is 89.0 Å². The summed E-state index contributed by atoms with van der Waals surface area (Å²) in [5.41, 5.74) is -2.66. The zero-order valence-electron chi connectivity index (χ0n) is 26.5. The Kier molecular flexibility index (Phi) is 7.25. The van der Waals surface area contributed by atoms with Crippen molar-refractivity contribution in [2.75, 3.05) is 19.0 Å². The summed E-state index contributed by atoms with van der Waals surface area (Å²) in [6.45, 7) is 4.63. The number of aliphatic hydroxyl groups is 2. The molecule has 7 rings (SSSR count). The fourth-order valence-corrected chi connectivity index (χ4v) is 9.81. The van der Waals surface area contributed by atoms with Crippen molar-refractivity contribution in [2.24, 2.45) is 22.7 Å². The summed E-state index contributed by atoms with van der Waals surface area (Å²) in [5.74, 6) is -2.48. The van der Waals surface area contributed by atoms with E-state index in [-0.39, 0.29) is 30.8 Å². The van der Waals surface area contributed by atoms with Crippen molar-refractivity contribution in [2.45, 2.75) is 81.9 Å². The predicted molar refractivity (Wildman–Crippen MR) is 167 cm³/mol. The highest BCUT2D eigenvalue weighted by atomic mass is 19.1. The molecule has 1 saturated heterocycles. The predicted octanol–water partition coefficient (Wildman–Crippen LogP) is 5.52. The van der Waals surface area contributed by atoms with Crippen LogP contribution in [-0.4, -0.2) is 65.1 Å². The molecule has 5 aliphatic rings. The highest BCUT2D eigenvalue weighted by Crippen LogP contribution is 2.72. The number of ketones is 2. The van der Waals surface area contributed by atoms with Gasteiger partial charge in [0.25, 0.3) is 0 Å². The summed E-state index contributed by atoms with van der Waals surface area (Å²) in [4.78, 5) is 25.9. The first-order valence-electron chi connectivity index (χ1n) is 16.2. The van der Waals surface area contributed by atoms with Crippen LogP contribution in [-0.2, 0) is 19.1 Å². The van der Waals surface area contributed by atoms with Crippen LogP contribution in [0.25, 0.3) is 0 Å². The molecule has 244 valence electrons. The topological polar surface area (TPSA) is 105 Å². The maximum absolute atomic E-state index is 17.6. The van der Waals surface area contributed by atoms with E-state index in [2.05, 4.69) is 24.4 Å². The Morgan fingerprint density at radius 1 is 1.11 bits per heavy atom. The average Bonchev–Trinajstić information content (AvgIpc) is 3.56. The summed E-state index contributed by atoms with van der Waals surface area (Å²) in [5, 5.41) is 25.1. The number of alkyl halides is 2. The van der Waals surface area contributed by atoms with Gasteiger partial charge in [-0.1, -0.05) is 56.3 Å². The van der Waals surface area contributed by atoms with Crippen molar-refractivity contribution in [1.82, 2.24) is 0 Å². The minimum absolute atomic E-state index is 0.0424. The average molecular weight is 634 g/mol. The van der Waals surface area contributed by atoms with Crippen LogP contribution in [0.3, 0.4) is 0 Å². The zero-order valence-corrected chi connectivity index (χ0v) is 26.5. The minimum atomic E-state index is -2.29. The summed E-state index contributed by atoms with van der Waals surface area (Å²) in [7, 11) is 1.88. The smallest absolute Gasteiger partial charge is 0.193 e. The molecule has 4 aliphatic carbocycles. The van der Waals surface area contributed by atoms with Gasteiger partial charge < -0.3 is 25.0 Å². The molecule has 11 atom stereocenters. The van der Waals surface area contributed by atoms with E-state index in [9.17, 15) is 19.8 Å². The first-order chi connectivity index (χ1) is 21.8. The van der Waals surface area contributed by atoms with E-state index in [0.29, 0.717) is 5.56 Å². The number of fused-ring (bicyclic) bond motifs is 7. The number of halogens is 2. The van der Waals surface area contributed by atoms with Gasteiger partial charge in [-0.15, -0.1) is 0 Å². The highest BCUT2D eigenvalue weighted by molar-refractivity contribution is 6.01. The van der Waals surface area contributed by atoms with Crippen LogP contribution >= 0.6 is 0 Å². The summed E-state index contributed by atoms with van der Waals surface area (Å²) in [6, 6.07) is 16.0.